The van der Waals surface area contributed by atoms with Crippen LogP contribution in [0.5, 0.6) is 5.75 Å². The number of benzene rings is 2. The summed E-state index contributed by atoms with van der Waals surface area (Å²) in [6.07, 6.45) is 0.676. The van der Waals surface area contributed by atoms with E-state index < -0.39 is 15.9 Å². The van der Waals surface area contributed by atoms with Gasteiger partial charge in [0.25, 0.3) is 5.91 Å². The summed E-state index contributed by atoms with van der Waals surface area (Å²) in [5.41, 5.74) is 1.45. The lowest BCUT2D eigenvalue weighted by Gasteiger charge is -2.12. The highest BCUT2D eigenvalue weighted by atomic mass is 35.5. The first-order valence-corrected chi connectivity index (χ1v) is 10.4. The zero-order valence-electron chi connectivity index (χ0n) is 14.9. The Labute approximate surface area is 168 Å². The predicted octanol–water partition coefficient (Wildman–Crippen LogP) is 4.01. The number of rotatable bonds is 8. The van der Waals surface area contributed by atoms with Crippen molar-refractivity contribution in [3.05, 3.63) is 52.0 Å². The molecule has 0 heterocycles. The summed E-state index contributed by atoms with van der Waals surface area (Å²) in [5, 5.41) is 3.31. The van der Waals surface area contributed by atoms with E-state index in [1.807, 2.05) is 13.8 Å². The SMILES string of the molecule is CCCNS(=O)(=O)c1ccc(OCC(=O)Nc2cc(Cl)ccc2C)c(Cl)c1. The largest absolute Gasteiger partial charge is 0.482 e. The van der Waals surface area contributed by atoms with Crippen LogP contribution in [0.2, 0.25) is 10.0 Å². The van der Waals surface area contributed by atoms with Crippen LogP contribution >= 0.6 is 23.2 Å². The van der Waals surface area contributed by atoms with Gasteiger partial charge in [-0.3, -0.25) is 4.79 Å². The molecule has 0 radical (unpaired) electrons. The first kappa shape index (κ1) is 21.5. The molecule has 2 N–H and O–H groups in total. The number of anilines is 1. The van der Waals surface area contributed by atoms with Crippen LogP contribution in [0.25, 0.3) is 0 Å². The van der Waals surface area contributed by atoms with Crippen LogP contribution in [0.3, 0.4) is 0 Å². The molecule has 0 bridgehead atoms. The number of halogens is 2. The zero-order valence-corrected chi connectivity index (χ0v) is 17.2. The normalized spacial score (nSPS) is 11.3. The molecule has 146 valence electrons. The van der Waals surface area contributed by atoms with Crippen molar-refractivity contribution in [2.75, 3.05) is 18.5 Å². The second kappa shape index (κ2) is 9.41. The van der Waals surface area contributed by atoms with Crippen LogP contribution in [0, 0.1) is 6.92 Å². The van der Waals surface area contributed by atoms with Crippen molar-refractivity contribution < 1.29 is 17.9 Å². The van der Waals surface area contributed by atoms with E-state index in [0.717, 1.165) is 5.56 Å². The molecule has 2 aromatic rings. The maximum Gasteiger partial charge on any atom is 0.262 e. The molecular formula is C18H20Cl2N2O4S. The first-order valence-electron chi connectivity index (χ1n) is 8.21. The summed E-state index contributed by atoms with van der Waals surface area (Å²) in [6, 6.07) is 9.24. The van der Waals surface area contributed by atoms with Crippen molar-refractivity contribution in [2.24, 2.45) is 0 Å². The Kier molecular flexibility index (Phi) is 7.49. The number of carbonyl (C=O) groups excluding carboxylic acids is 1. The third kappa shape index (κ3) is 6.10. The maximum atomic E-state index is 12.1. The van der Waals surface area contributed by atoms with Crippen LogP contribution in [0.4, 0.5) is 5.69 Å². The Morgan fingerprint density at radius 3 is 2.56 bits per heavy atom. The van der Waals surface area contributed by atoms with E-state index >= 15 is 0 Å². The minimum atomic E-state index is -3.62. The van der Waals surface area contributed by atoms with Gasteiger partial charge in [0.15, 0.2) is 6.61 Å². The number of carbonyl (C=O) groups is 1. The molecule has 0 aliphatic carbocycles. The number of sulfonamides is 1. The molecule has 0 fully saturated rings. The van der Waals surface area contributed by atoms with Gasteiger partial charge in [0.05, 0.1) is 9.92 Å². The summed E-state index contributed by atoms with van der Waals surface area (Å²) < 4.78 is 32.0. The van der Waals surface area contributed by atoms with Gasteiger partial charge in [-0.25, -0.2) is 13.1 Å². The average Bonchev–Trinajstić information content (AvgIpc) is 2.62. The maximum absolute atomic E-state index is 12.1. The standard InChI is InChI=1S/C18H20Cl2N2O4S/c1-3-8-21-27(24,25)14-6-7-17(15(20)10-14)26-11-18(23)22-16-9-13(19)5-4-12(16)2/h4-7,9-10,21H,3,8,11H2,1-2H3,(H,22,23). The number of hydrogen-bond acceptors (Lipinski definition) is 4. The lowest BCUT2D eigenvalue weighted by Crippen LogP contribution is -2.24. The van der Waals surface area contributed by atoms with Crippen LogP contribution in [0.15, 0.2) is 41.3 Å². The molecule has 0 spiro atoms. The Bertz CT molecular complexity index is 933. The molecule has 0 aliphatic heterocycles. The molecule has 0 aromatic heterocycles. The lowest BCUT2D eigenvalue weighted by molar-refractivity contribution is -0.118. The second-order valence-electron chi connectivity index (χ2n) is 5.79. The predicted molar refractivity (Wildman–Crippen MR) is 107 cm³/mol. The quantitative estimate of drug-likeness (QED) is 0.662. The van der Waals surface area contributed by atoms with Gasteiger partial charge in [-0.15, -0.1) is 0 Å². The van der Waals surface area contributed by atoms with E-state index in [2.05, 4.69) is 10.0 Å². The highest BCUT2D eigenvalue weighted by Gasteiger charge is 2.16. The monoisotopic (exact) mass is 430 g/mol. The van der Waals surface area contributed by atoms with Gasteiger partial charge in [-0.05, 0) is 49.2 Å². The zero-order chi connectivity index (χ0) is 20.0. The summed E-state index contributed by atoms with van der Waals surface area (Å²) >= 11 is 12.0. The molecular weight excluding hydrogens is 411 g/mol. The fourth-order valence-corrected chi connectivity index (χ4v) is 3.78. The van der Waals surface area contributed by atoms with E-state index in [4.69, 9.17) is 27.9 Å². The molecule has 0 saturated heterocycles. The van der Waals surface area contributed by atoms with E-state index in [1.165, 1.54) is 18.2 Å². The fraction of sp³-hybridized carbons (Fsp3) is 0.278. The smallest absolute Gasteiger partial charge is 0.262 e. The van der Waals surface area contributed by atoms with Crippen LogP contribution in [-0.2, 0) is 14.8 Å². The van der Waals surface area contributed by atoms with Crippen molar-refractivity contribution in [3.63, 3.8) is 0 Å². The second-order valence-corrected chi connectivity index (χ2v) is 8.40. The van der Waals surface area contributed by atoms with Crippen LogP contribution in [-0.4, -0.2) is 27.5 Å². The molecule has 0 aliphatic rings. The van der Waals surface area contributed by atoms with Gasteiger partial charge in [0, 0.05) is 17.3 Å². The van der Waals surface area contributed by atoms with Crippen molar-refractivity contribution in [1.82, 2.24) is 4.72 Å². The Morgan fingerprint density at radius 2 is 1.89 bits per heavy atom. The molecule has 0 unspecified atom stereocenters. The van der Waals surface area contributed by atoms with E-state index in [-0.39, 0.29) is 22.3 Å². The summed E-state index contributed by atoms with van der Waals surface area (Å²) in [5.74, 6) is -0.179. The van der Waals surface area contributed by atoms with Crippen LogP contribution < -0.4 is 14.8 Å². The van der Waals surface area contributed by atoms with Crippen LogP contribution in [0.1, 0.15) is 18.9 Å². The minimum absolute atomic E-state index is 0.0345. The average molecular weight is 431 g/mol. The van der Waals surface area contributed by atoms with Gasteiger partial charge < -0.3 is 10.1 Å². The van der Waals surface area contributed by atoms with E-state index in [0.29, 0.717) is 23.7 Å². The van der Waals surface area contributed by atoms with Gasteiger partial charge in [0.1, 0.15) is 5.75 Å². The third-order valence-electron chi connectivity index (χ3n) is 3.59. The highest BCUT2D eigenvalue weighted by molar-refractivity contribution is 7.89. The van der Waals surface area contributed by atoms with Gasteiger partial charge >= 0.3 is 0 Å². The number of ether oxygens (including phenoxy) is 1. The van der Waals surface area contributed by atoms with E-state index in [9.17, 15) is 13.2 Å². The lowest BCUT2D eigenvalue weighted by atomic mass is 10.2. The number of aryl methyl sites for hydroxylation is 1. The number of amides is 1. The van der Waals surface area contributed by atoms with Crippen molar-refractivity contribution in [2.45, 2.75) is 25.2 Å². The molecule has 0 saturated carbocycles. The van der Waals surface area contributed by atoms with Gasteiger partial charge in [0.2, 0.25) is 10.0 Å². The molecule has 2 rings (SSSR count). The van der Waals surface area contributed by atoms with Crippen molar-refractivity contribution in [1.29, 1.82) is 0 Å². The van der Waals surface area contributed by atoms with Crippen molar-refractivity contribution >= 4 is 44.8 Å². The molecule has 2 aromatic carbocycles. The molecule has 1 amide bonds. The van der Waals surface area contributed by atoms with Crippen molar-refractivity contribution in [3.8, 4) is 5.75 Å². The summed E-state index contributed by atoms with van der Waals surface area (Å²) in [4.78, 5) is 12.1. The first-order chi connectivity index (χ1) is 12.7. The third-order valence-corrected chi connectivity index (χ3v) is 5.58. The van der Waals surface area contributed by atoms with Gasteiger partial charge in [-0.2, -0.15) is 0 Å². The molecule has 9 heteroatoms. The molecule has 27 heavy (non-hydrogen) atoms. The fourth-order valence-electron chi connectivity index (χ4n) is 2.14. The molecule has 0 atom stereocenters. The highest BCUT2D eigenvalue weighted by Crippen LogP contribution is 2.27. The summed E-state index contributed by atoms with van der Waals surface area (Å²) in [7, 11) is -3.62. The number of hydrogen-bond donors (Lipinski definition) is 2. The Hall–Kier alpha value is -1.80. The molecule has 6 nitrogen and oxygen atoms in total. The minimum Gasteiger partial charge on any atom is -0.482 e. The Balaban J connectivity index is 2.01. The Morgan fingerprint density at radius 1 is 1.15 bits per heavy atom. The topological polar surface area (TPSA) is 84.5 Å². The van der Waals surface area contributed by atoms with Gasteiger partial charge in [-0.1, -0.05) is 36.2 Å². The number of nitrogens with one attached hydrogen (secondary N) is 2. The van der Waals surface area contributed by atoms with E-state index in [1.54, 1.807) is 18.2 Å². The summed E-state index contributed by atoms with van der Waals surface area (Å²) in [6.45, 7) is 3.75.